The Morgan fingerprint density at radius 1 is 1.22 bits per heavy atom. The summed E-state index contributed by atoms with van der Waals surface area (Å²) in [4.78, 5) is 11.4. The zero-order valence-electron chi connectivity index (χ0n) is 13.9. The minimum atomic E-state index is -4.49. The van der Waals surface area contributed by atoms with E-state index in [4.69, 9.17) is 16.9 Å². The lowest BCUT2D eigenvalue weighted by molar-refractivity contribution is -0.140. The summed E-state index contributed by atoms with van der Waals surface area (Å²) in [5.74, 6) is 0.525. The maximum Gasteiger partial charge on any atom is 0.434 e. The van der Waals surface area contributed by atoms with E-state index >= 15 is 0 Å². The predicted octanol–water partition coefficient (Wildman–Crippen LogP) is 4.03. The maximum absolute atomic E-state index is 12.8. The third-order valence-electron chi connectivity index (χ3n) is 3.72. The third-order valence-corrected chi connectivity index (χ3v) is 3.90. The number of nitrogens with zero attached hydrogens (tertiary/aromatic N) is 5. The Hall–Kier alpha value is -3.12. The first-order valence-corrected chi connectivity index (χ1v) is 8.02. The van der Waals surface area contributed by atoms with Crippen LogP contribution in [-0.4, -0.2) is 19.5 Å². The largest absolute Gasteiger partial charge is 0.434 e. The Kier molecular flexibility index (Phi) is 5.01. The average molecular weight is 393 g/mol. The van der Waals surface area contributed by atoms with E-state index in [0.29, 0.717) is 17.9 Å². The summed E-state index contributed by atoms with van der Waals surface area (Å²) < 4.78 is 39.7. The molecular weight excluding hydrogens is 381 g/mol. The number of nitriles is 1. The van der Waals surface area contributed by atoms with Gasteiger partial charge in [0.2, 0.25) is 5.28 Å². The van der Waals surface area contributed by atoms with Crippen molar-refractivity contribution in [2.24, 2.45) is 7.05 Å². The second-order valence-corrected chi connectivity index (χ2v) is 5.96. The molecule has 27 heavy (non-hydrogen) atoms. The molecule has 0 atom stereocenters. The lowest BCUT2D eigenvalue weighted by Crippen LogP contribution is -2.05. The number of benzene rings is 1. The molecule has 2 heterocycles. The third kappa shape index (κ3) is 4.17. The molecule has 0 fully saturated rings. The number of halogens is 4. The van der Waals surface area contributed by atoms with E-state index in [2.05, 4.69) is 20.3 Å². The smallest absolute Gasteiger partial charge is 0.365 e. The number of imidazole rings is 1. The van der Waals surface area contributed by atoms with Gasteiger partial charge in [-0.15, -0.1) is 0 Å². The lowest BCUT2D eigenvalue weighted by Gasteiger charge is -2.08. The van der Waals surface area contributed by atoms with Crippen LogP contribution in [-0.2, 0) is 19.8 Å². The maximum atomic E-state index is 12.8. The van der Waals surface area contributed by atoms with Crippen LogP contribution in [0.4, 0.5) is 19.0 Å². The van der Waals surface area contributed by atoms with Crippen LogP contribution in [0.3, 0.4) is 0 Å². The minimum absolute atomic E-state index is 0.0158. The number of aryl methyl sites for hydroxylation is 1. The molecule has 10 heteroatoms. The Morgan fingerprint density at radius 3 is 2.52 bits per heavy atom. The van der Waals surface area contributed by atoms with Gasteiger partial charge in [-0.25, -0.2) is 9.97 Å². The van der Waals surface area contributed by atoms with Gasteiger partial charge in [-0.1, -0.05) is 24.3 Å². The van der Waals surface area contributed by atoms with Crippen molar-refractivity contribution in [2.75, 3.05) is 5.32 Å². The molecule has 138 valence electrons. The lowest BCUT2D eigenvalue weighted by atomic mass is 10.1. The van der Waals surface area contributed by atoms with E-state index < -0.39 is 11.9 Å². The zero-order valence-corrected chi connectivity index (χ0v) is 14.7. The molecule has 0 aliphatic carbocycles. The highest BCUT2D eigenvalue weighted by molar-refractivity contribution is 6.28. The van der Waals surface area contributed by atoms with Crippen LogP contribution < -0.4 is 5.32 Å². The first kappa shape index (κ1) is 18.7. The fourth-order valence-electron chi connectivity index (χ4n) is 2.41. The molecule has 0 spiro atoms. The number of nitrogens with one attached hydrogen (secondary N) is 1. The summed E-state index contributed by atoms with van der Waals surface area (Å²) in [7, 11) is 1.51. The molecule has 0 aliphatic heterocycles. The van der Waals surface area contributed by atoms with Crippen molar-refractivity contribution in [1.82, 2.24) is 19.5 Å². The van der Waals surface area contributed by atoms with E-state index in [1.165, 1.54) is 17.8 Å². The zero-order chi connectivity index (χ0) is 19.6. The molecule has 0 aliphatic rings. The highest BCUT2D eigenvalue weighted by Gasteiger charge is 2.34. The molecule has 0 bridgehead atoms. The molecule has 0 saturated carbocycles. The molecule has 0 saturated heterocycles. The van der Waals surface area contributed by atoms with Gasteiger partial charge in [-0.3, -0.25) is 0 Å². The summed E-state index contributed by atoms with van der Waals surface area (Å²) in [6.07, 6.45) is -2.22. The quantitative estimate of drug-likeness (QED) is 0.678. The summed E-state index contributed by atoms with van der Waals surface area (Å²) in [5, 5.41) is 12.1. The monoisotopic (exact) mass is 392 g/mol. The normalized spacial score (nSPS) is 11.3. The van der Waals surface area contributed by atoms with Gasteiger partial charge in [-0.05, 0) is 17.2 Å². The van der Waals surface area contributed by atoms with Gasteiger partial charge >= 0.3 is 6.18 Å². The van der Waals surface area contributed by atoms with Gasteiger partial charge in [-0.2, -0.15) is 23.4 Å². The van der Waals surface area contributed by atoms with Crippen molar-refractivity contribution < 1.29 is 13.2 Å². The van der Waals surface area contributed by atoms with Crippen LogP contribution in [0.5, 0.6) is 0 Å². The molecule has 6 nitrogen and oxygen atoms in total. The Labute approximate surface area is 157 Å². The van der Waals surface area contributed by atoms with Gasteiger partial charge in [0, 0.05) is 25.4 Å². The van der Waals surface area contributed by atoms with Gasteiger partial charge in [0.1, 0.15) is 23.3 Å². The standard InChI is InChI=1S/C17H12ClF3N6/c1-27-9-13(17(19,20)21)25-15(27)11-4-2-10(3-5-11)7-23-14-12(6-22)8-24-16(18)26-14/h2-5,8-9H,7H2,1H3,(H,23,24,26). The van der Waals surface area contributed by atoms with Gasteiger partial charge in [0.15, 0.2) is 5.69 Å². The number of rotatable bonds is 4. The first-order chi connectivity index (χ1) is 12.8. The van der Waals surface area contributed by atoms with Crippen molar-refractivity contribution >= 4 is 17.4 Å². The average Bonchev–Trinajstić information content (AvgIpc) is 3.03. The summed E-state index contributed by atoms with van der Waals surface area (Å²) >= 11 is 5.73. The van der Waals surface area contributed by atoms with Crippen LogP contribution in [0, 0.1) is 11.3 Å². The fourth-order valence-corrected chi connectivity index (χ4v) is 2.54. The number of hydrogen-bond donors (Lipinski definition) is 1. The number of anilines is 1. The molecule has 1 aromatic carbocycles. The number of aromatic nitrogens is 4. The first-order valence-electron chi connectivity index (χ1n) is 7.64. The van der Waals surface area contributed by atoms with Crippen LogP contribution >= 0.6 is 11.6 Å². The van der Waals surface area contributed by atoms with E-state index in [-0.39, 0.29) is 16.7 Å². The van der Waals surface area contributed by atoms with Gasteiger partial charge in [0.25, 0.3) is 0 Å². The van der Waals surface area contributed by atoms with Gasteiger partial charge in [0.05, 0.1) is 6.20 Å². The molecule has 2 aromatic heterocycles. The topological polar surface area (TPSA) is 79.4 Å². The fraction of sp³-hybridized carbons (Fsp3) is 0.176. The second kappa shape index (κ2) is 7.25. The van der Waals surface area contributed by atoms with Crippen molar-refractivity contribution in [2.45, 2.75) is 12.7 Å². The Morgan fingerprint density at radius 2 is 1.93 bits per heavy atom. The van der Waals surface area contributed by atoms with Crippen LogP contribution in [0.25, 0.3) is 11.4 Å². The van der Waals surface area contributed by atoms with Crippen molar-refractivity contribution in [3.63, 3.8) is 0 Å². The summed E-state index contributed by atoms with van der Waals surface area (Å²) in [6, 6.07) is 8.82. The molecule has 0 amide bonds. The molecule has 3 rings (SSSR count). The van der Waals surface area contributed by atoms with E-state index in [9.17, 15) is 13.2 Å². The number of alkyl halides is 3. The summed E-state index contributed by atoms with van der Waals surface area (Å²) in [6.45, 7) is 0.344. The Balaban J connectivity index is 1.76. The minimum Gasteiger partial charge on any atom is -0.365 e. The predicted molar refractivity (Wildman–Crippen MR) is 92.7 cm³/mol. The Bertz CT molecular complexity index is 1000. The highest BCUT2D eigenvalue weighted by atomic mass is 35.5. The van der Waals surface area contributed by atoms with E-state index in [1.54, 1.807) is 24.3 Å². The molecule has 0 radical (unpaired) electrons. The highest BCUT2D eigenvalue weighted by Crippen LogP contribution is 2.30. The summed E-state index contributed by atoms with van der Waals surface area (Å²) in [5.41, 5.74) is 0.710. The molecule has 1 N–H and O–H groups in total. The molecule has 0 unspecified atom stereocenters. The molecular formula is C17H12ClF3N6. The van der Waals surface area contributed by atoms with Crippen molar-refractivity contribution in [3.8, 4) is 17.5 Å². The van der Waals surface area contributed by atoms with Crippen molar-refractivity contribution in [1.29, 1.82) is 5.26 Å². The second-order valence-electron chi connectivity index (χ2n) is 5.62. The van der Waals surface area contributed by atoms with Crippen LogP contribution in [0.1, 0.15) is 16.8 Å². The molecule has 3 aromatic rings. The van der Waals surface area contributed by atoms with Crippen LogP contribution in [0.15, 0.2) is 36.7 Å². The number of hydrogen-bond acceptors (Lipinski definition) is 5. The SMILES string of the molecule is Cn1cc(C(F)(F)F)nc1-c1ccc(CNc2nc(Cl)ncc2C#N)cc1. The van der Waals surface area contributed by atoms with Crippen LogP contribution in [0.2, 0.25) is 5.28 Å². The van der Waals surface area contributed by atoms with E-state index in [0.717, 1.165) is 11.8 Å². The van der Waals surface area contributed by atoms with E-state index in [1.807, 2.05) is 6.07 Å². The van der Waals surface area contributed by atoms with Gasteiger partial charge < -0.3 is 9.88 Å². The van der Waals surface area contributed by atoms with Crippen molar-refractivity contribution in [3.05, 3.63) is 58.8 Å².